The Bertz CT molecular complexity index is 1530. The zero-order valence-electron chi connectivity index (χ0n) is 22.5. The van der Waals surface area contributed by atoms with Gasteiger partial charge < -0.3 is 25.0 Å². The van der Waals surface area contributed by atoms with Gasteiger partial charge in [0, 0.05) is 25.2 Å². The molecule has 1 fully saturated rings. The van der Waals surface area contributed by atoms with Gasteiger partial charge in [0.15, 0.2) is 5.78 Å². The molecule has 1 aliphatic carbocycles. The van der Waals surface area contributed by atoms with Gasteiger partial charge in [0.25, 0.3) is 5.91 Å². The van der Waals surface area contributed by atoms with Crippen LogP contribution in [0, 0.1) is 6.92 Å². The van der Waals surface area contributed by atoms with Crippen LogP contribution in [0.25, 0.3) is 0 Å². The summed E-state index contributed by atoms with van der Waals surface area (Å²) >= 11 is 6.42. The van der Waals surface area contributed by atoms with Crippen molar-refractivity contribution < 1.29 is 32.2 Å². The minimum atomic E-state index is -4.82. The summed E-state index contributed by atoms with van der Waals surface area (Å²) in [6.07, 6.45) is -2.67. The van der Waals surface area contributed by atoms with E-state index in [1.165, 1.54) is 25.3 Å². The normalized spacial score (nSPS) is 17.0. The van der Waals surface area contributed by atoms with Crippen molar-refractivity contribution in [2.75, 3.05) is 32.6 Å². The summed E-state index contributed by atoms with van der Waals surface area (Å²) in [5.74, 6) is -1.42. The molecule has 1 amide bonds. The van der Waals surface area contributed by atoms with E-state index in [1.54, 1.807) is 6.07 Å². The number of likely N-dealkylation sites (N-methyl/N-ethyl adjacent to an activating group) is 1. The highest BCUT2D eigenvalue weighted by Crippen LogP contribution is 2.41. The monoisotopic (exact) mass is 589 g/mol. The predicted octanol–water partition coefficient (Wildman–Crippen LogP) is 5.56. The maximum atomic E-state index is 13.9. The number of amides is 1. The lowest BCUT2D eigenvalue weighted by Gasteiger charge is -2.17. The van der Waals surface area contributed by atoms with Crippen molar-refractivity contribution in [2.24, 2.45) is 0 Å². The summed E-state index contributed by atoms with van der Waals surface area (Å²) in [6.45, 7) is 3.41. The molecular formula is C28H27ClF3N5O4. The molecule has 9 nitrogen and oxygen atoms in total. The van der Waals surface area contributed by atoms with Gasteiger partial charge >= 0.3 is 6.18 Å². The number of ether oxygens (including phenoxy) is 2. The maximum Gasteiger partial charge on any atom is 0.423 e. The number of nitrogens with zero attached hydrogens (tertiary/aromatic N) is 3. The van der Waals surface area contributed by atoms with Gasteiger partial charge in [0.2, 0.25) is 11.8 Å². The SMILES string of the molecule is COc1cc(C(=O)N[C@H]2CCN(C)C2)c(Cl)cc1Nc1ncc(C(F)(F)F)c(Oc2ccc(C)c3c2C(=O)CC3)n1. The van der Waals surface area contributed by atoms with Gasteiger partial charge in [-0.05, 0) is 62.7 Å². The standard InChI is InChI=1S/C28H27ClF3N5O4/c1-14-4-7-22(24-16(14)5-6-21(24)38)41-26-18(28(30,31)32)12-33-27(36-26)35-20-11-19(29)17(10-23(20)40-3)25(39)34-15-8-9-37(2)13-15/h4,7,10-12,15H,5-6,8-9,13H2,1-3H3,(H,34,39)(H,33,35,36)/t15-/m0/s1. The number of carbonyl (C=O) groups excluding carboxylic acids is 2. The number of fused-ring (bicyclic) bond motifs is 1. The van der Waals surface area contributed by atoms with Crippen molar-refractivity contribution >= 4 is 34.9 Å². The summed E-state index contributed by atoms with van der Waals surface area (Å²) in [4.78, 5) is 35.3. The van der Waals surface area contributed by atoms with Crippen LogP contribution in [0.3, 0.4) is 0 Å². The molecule has 1 atom stereocenters. The topological polar surface area (TPSA) is 106 Å². The summed E-state index contributed by atoms with van der Waals surface area (Å²) in [5.41, 5.74) is 1.05. The van der Waals surface area contributed by atoms with Gasteiger partial charge in [-0.1, -0.05) is 17.7 Å². The number of aromatic nitrogens is 2. The highest BCUT2D eigenvalue weighted by molar-refractivity contribution is 6.34. The van der Waals surface area contributed by atoms with E-state index in [2.05, 4.69) is 25.5 Å². The number of methoxy groups -OCH3 is 1. The number of halogens is 4. The van der Waals surface area contributed by atoms with Crippen LogP contribution >= 0.6 is 11.6 Å². The average molecular weight is 590 g/mol. The number of ketones is 1. The number of benzene rings is 2. The molecule has 3 aromatic rings. The second-order valence-corrected chi connectivity index (χ2v) is 10.5. The number of aryl methyl sites for hydroxylation is 1. The first-order chi connectivity index (χ1) is 19.4. The van der Waals surface area contributed by atoms with E-state index < -0.39 is 17.6 Å². The molecule has 1 saturated heterocycles. The lowest BCUT2D eigenvalue weighted by Crippen LogP contribution is -2.36. The number of Topliss-reactive ketones (excluding diaryl/α,β-unsaturated/α-hetero) is 1. The van der Waals surface area contributed by atoms with E-state index in [-0.39, 0.29) is 63.4 Å². The Morgan fingerprint density at radius 3 is 2.66 bits per heavy atom. The molecule has 2 aromatic carbocycles. The third-order valence-electron chi connectivity index (χ3n) is 7.16. The second kappa shape index (κ2) is 11.2. The van der Waals surface area contributed by atoms with Gasteiger partial charge in [-0.15, -0.1) is 0 Å². The fourth-order valence-corrected chi connectivity index (χ4v) is 5.29. The summed E-state index contributed by atoms with van der Waals surface area (Å²) in [5, 5.41) is 5.84. The third kappa shape index (κ3) is 5.94. The van der Waals surface area contributed by atoms with Crippen LogP contribution in [0.1, 0.15) is 50.2 Å². The van der Waals surface area contributed by atoms with Crippen molar-refractivity contribution in [3.8, 4) is 17.4 Å². The van der Waals surface area contributed by atoms with Crippen LogP contribution in [-0.4, -0.2) is 59.8 Å². The maximum absolute atomic E-state index is 13.9. The van der Waals surface area contributed by atoms with Crippen molar-refractivity contribution in [2.45, 2.75) is 38.4 Å². The van der Waals surface area contributed by atoms with Crippen molar-refractivity contribution in [1.29, 1.82) is 0 Å². The van der Waals surface area contributed by atoms with Crippen LogP contribution in [0.4, 0.5) is 24.8 Å². The second-order valence-electron chi connectivity index (χ2n) is 10.0. The van der Waals surface area contributed by atoms with Gasteiger partial charge in [0.1, 0.15) is 17.1 Å². The number of rotatable bonds is 7. The Balaban J connectivity index is 1.45. The molecule has 0 unspecified atom stereocenters. The molecule has 13 heteroatoms. The van der Waals surface area contributed by atoms with E-state index in [0.29, 0.717) is 12.6 Å². The molecule has 2 N–H and O–H groups in total. The number of hydrogen-bond donors (Lipinski definition) is 2. The van der Waals surface area contributed by atoms with Crippen molar-refractivity contribution in [1.82, 2.24) is 20.2 Å². The van der Waals surface area contributed by atoms with E-state index in [4.69, 9.17) is 21.1 Å². The van der Waals surface area contributed by atoms with Crippen LogP contribution in [0.5, 0.6) is 17.4 Å². The van der Waals surface area contributed by atoms with Gasteiger partial charge in [-0.25, -0.2) is 4.98 Å². The van der Waals surface area contributed by atoms with Gasteiger partial charge in [-0.3, -0.25) is 9.59 Å². The van der Waals surface area contributed by atoms with Crippen molar-refractivity contribution in [3.63, 3.8) is 0 Å². The van der Waals surface area contributed by atoms with Crippen molar-refractivity contribution in [3.05, 3.63) is 63.3 Å². The Morgan fingerprint density at radius 1 is 1.20 bits per heavy atom. The largest absolute Gasteiger partial charge is 0.495 e. The number of alkyl halides is 3. The lowest BCUT2D eigenvalue weighted by atomic mass is 10.0. The molecule has 2 heterocycles. The highest BCUT2D eigenvalue weighted by atomic mass is 35.5. The Labute approximate surface area is 239 Å². The molecule has 5 rings (SSSR count). The zero-order chi connectivity index (χ0) is 29.5. The summed E-state index contributed by atoms with van der Waals surface area (Å²) in [7, 11) is 3.34. The summed E-state index contributed by atoms with van der Waals surface area (Å²) < 4.78 is 52.6. The molecule has 1 aromatic heterocycles. The zero-order valence-corrected chi connectivity index (χ0v) is 23.2. The number of likely N-dealkylation sites (tertiary alicyclic amines) is 1. The van der Waals surface area contributed by atoms with E-state index in [1.807, 2.05) is 14.0 Å². The average Bonchev–Trinajstić information content (AvgIpc) is 3.50. The van der Waals surface area contributed by atoms with E-state index in [0.717, 1.165) is 30.6 Å². The first-order valence-corrected chi connectivity index (χ1v) is 13.2. The Hall–Kier alpha value is -3.90. The van der Waals surface area contributed by atoms with Crippen LogP contribution in [0.2, 0.25) is 5.02 Å². The molecular weight excluding hydrogens is 563 g/mol. The first-order valence-electron chi connectivity index (χ1n) is 12.9. The summed E-state index contributed by atoms with van der Waals surface area (Å²) in [6, 6.07) is 5.97. The quantitative estimate of drug-likeness (QED) is 0.369. The molecule has 41 heavy (non-hydrogen) atoms. The predicted molar refractivity (Wildman–Crippen MR) is 146 cm³/mol. The number of hydrogen-bond acceptors (Lipinski definition) is 8. The molecule has 0 bridgehead atoms. The molecule has 216 valence electrons. The van der Waals surface area contributed by atoms with Gasteiger partial charge in [-0.2, -0.15) is 18.2 Å². The number of anilines is 2. The van der Waals surface area contributed by atoms with E-state index in [9.17, 15) is 22.8 Å². The van der Waals surface area contributed by atoms with Crippen LogP contribution < -0.4 is 20.1 Å². The van der Waals surface area contributed by atoms with Crippen LogP contribution in [-0.2, 0) is 12.6 Å². The van der Waals surface area contributed by atoms with E-state index >= 15 is 0 Å². The molecule has 0 radical (unpaired) electrons. The number of nitrogens with one attached hydrogen (secondary N) is 2. The van der Waals surface area contributed by atoms with Crippen LogP contribution in [0.15, 0.2) is 30.5 Å². The molecule has 1 aliphatic heterocycles. The lowest BCUT2D eigenvalue weighted by molar-refractivity contribution is -0.139. The minimum absolute atomic E-state index is 0.00676. The van der Waals surface area contributed by atoms with Gasteiger partial charge in [0.05, 0.1) is 28.9 Å². The first kappa shape index (κ1) is 28.6. The minimum Gasteiger partial charge on any atom is -0.495 e. The fraction of sp³-hybridized carbons (Fsp3) is 0.357. The smallest absolute Gasteiger partial charge is 0.423 e. The third-order valence-corrected chi connectivity index (χ3v) is 7.48. The Kier molecular flexibility index (Phi) is 7.80. The fourth-order valence-electron chi connectivity index (χ4n) is 5.04. The number of carbonyl (C=O) groups is 2. The molecule has 2 aliphatic rings. The molecule has 0 spiro atoms. The Morgan fingerprint density at radius 2 is 1.98 bits per heavy atom. The highest BCUT2D eigenvalue weighted by Gasteiger charge is 2.37. The molecule has 0 saturated carbocycles.